The smallest absolute Gasteiger partial charge is 0.303 e. The highest BCUT2D eigenvalue weighted by Crippen LogP contribution is 2.54. The number of carbonyl (C=O) groups is 1. The Bertz CT molecular complexity index is 354. The minimum absolute atomic E-state index is 0.199. The molecule has 17 heavy (non-hydrogen) atoms. The average Bonchev–Trinajstić information content (AvgIpc) is 2.65. The lowest BCUT2D eigenvalue weighted by atomic mass is 9.74. The molecule has 96 valence electrons. The minimum Gasteiger partial charge on any atom is -0.481 e. The van der Waals surface area contributed by atoms with Crippen LogP contribution in [0.25, 0.3) is 0 Å². The summed E-state index contributed by atoms with van der Waals surface area (Å²) in [7, 11) is 0. The Labute approximate surface area is 103 Å². The molecule has 0 unspecified atom stereocenters. The zero-order valence-corrected chi connectivity index (χ0v) is 10.7. The van der Waals surface area contributed by atoms with Crippen molar-refractivity contribution in [3.8, 4) is 0 Å². The molecule has 0 fully saturated rings. The van der Waals surface area contributed by atoms with Crippen molar-refractivity contribution in [1.82, 2.24) is 0 Å². The van der Waals surface area contributed by atoms with Gasteiger partial charge in [0, 0.05) is 6.42 Å². The standard InChI is InChI=1S/C14H22O3/c1-14(2)8-9-6-7-11(15)13(9)10(14)4-3-5-12(16)17/h10-11,15H,3-8H2,1-2H3,(H,16,17)/t10-,11-/m1/s1. The maximum absolute atomic E-state index is 10.6. The SMILES string of the molecule is CC1(C)CC2=C([C@H](O)CC2)[C@H]1CCCC(=O)O. The molecule has 2 aliphatic rings. The van der Waals surface area contributed by atoms with Gasteiger partial charge in [-0.05, 0) is 49.0 Å². The lowest BCUT2D eigenvalue weighted by molar-refractivity contribution is -0.137. The highest BCUT2D eigenvalue weighted by atomic mass is 16.4. The zero-order valence-electron chi connectivity index (χ0n) is 10.7. The van der Waals surface area contributed by atoms with E-state index < -0.39 is 5.97 Å². The summed E-state index contributed by atoms with van der Waals surface area (Å²) in [5.41, 5.74) is 2.90. The highest BCUT2D eigenvalue weighted by Gasteiger charge is 2.44. The van der Waals surface area contributed by atoms with Gasteiger partial charge in [0.15, 0.2) is 0 Å². The first-order valence-electron chi connectivity index (χ1n) is 6.53. The number of aliphatic carboxylic acids is 1. The van der Waals surface area contributed by atoms with Gasteiger partial charge in [-0.1, -0.05) is 19.4 Å². The first-order valence-corrected chi connectivity index (χ1v) is 6.53. The predicted molar refractivity (Wildman–Crippen MR) is 65.6 cm³/mol. The summed E-state index contributed by atoms with van der Waals surface area (Å²) >= 11 is 0. The van der Waals surface area contributed by atoms with Crippen LogP contribution in [0.4, 0.5) is 0 Å². The number of hydrogen-bond donors (Lipinski definition) is 2. The second-order valence-corrected chi connectivity index (χ2v) is 6.12. The van der Waals surface area contributed by atoms with Crippen LogP contribution in [0.2, 0.25) is 0 Å². The van der Waals surface area contributed by atoms with Crippen molar-refractivity contribution < 1.29 is 15.0 Å². The highest BCUT2D eigenvalue weighted by molar-refractivity contribution is 5.66. The number of carboxylic acid groups (broad SMARTS) is 1. The normalized spacial score (nSPS) is 30.8. The molecule has 0 spiro atoms. The molecule has 0 saturated carbocycles. The fourth-order valence-electron chi connectivity index (χ4n) is 3.61. The van der Waals surface area contributed by atoms with Crippen molar-refractivity contribution in [3.05, 3.63) is 11.1 Å². The van der Waals surface area contributed by atoms with Crippen LogP contribution in [-0.4, -0.2) is 22.3 Å². The van der Waals surface area contributed by atoms with Gasteiger partial charge in [0.05, 0.1) is 6.10 Å². The Morgan fingerprint density at radius 1 is 1.47 bits per heavy atom. The Hall–Kier alpha value is -0.830. The molecule has 0 aromatic rings. The van der Waals surface area contributed by atoms with Gasteiger partial charge in [0.25, 0.3) is 0 Å². The van der Waals surface area contributed by atoms with Crippen molar-refractivity contribution in [2.24, 2.45) is 11.3 Å². The van der Waals surface area contributed by atoms with Gasteiger partial charge in [0.1, 0.15) is 0 Å². The quantitative estimate of drug-likeness (QED) is 0.740. The van der Waals surface area contributed by atoms with E-state index in [2.05, 4.69) is 13.8 Å². The van der Waals surface area contributed by atoms with Crippen LogP contribution in [0.15, 0.2) is 11.1 Å². The molecule has 2 N–H and O–H groups in total. The molecule has 0 heterocycles. The van der Waals surface area contributed by atoms with E-state index in [4.69, 9.17) is 5.11 Å². The molecular weight excluding hydrogens is 216 g/mol. The van der Waals surface area contributed by atoms with Crippen LogP contribution in [0.5, 0.6) is 0 Å². The summed E-state index contributed by atoms with van der Waals surface area (Å²) < 4.78 is 0. The van der Waals surface area contributed by atoms with E-state index in [-0.39, 0.29) is 17.9 Å². The van der Waals surface area contributed by atoms with Gasteiger partial charge < -0.3 is 10.2 Å². The monoisotopic (exact) mass is 238 g/mol. The lowest BCUT2D eigenvalue weighted by Crippen LogP contribution is -2.25. The van der Waals surface area contributed by atoms with Crippen LogP contribution in [0.1, 0.15) is 52.4 Å². The van der Waals surface area contributed by atoms with Gasteiger partial charge in [-0.2, -0.15) is 0 Å². The van der Waals surface area contributed by atoms with Gasteiger partial charge in [-0.3, -0.25) is 4.79 Å². The van der Waals surface area contributed by atoms with E-state index in [1.165, 1.54) is 11.1 Å². The number of allylic oxidation sites excluding steroid dienone is 1. The van der Waals surface area contributed by atoms with Crippen molar-refractivity contribution in [2.45, 2.75) is 58.5 Å². The van der Waals surface area contributed by atoms with Gasteiger partial charge in [0.2, 0.25) is 0 Å². The van der Waals surface area contributed by atoms with Gasteiger partial charge in [-0.25, -0.2) is 0 Å². The Kier molecular flexibility index (Phi) is 3.30. The largest absolute Gasteiger partial charge is 0.481 e. The molecule has 0 bridgehead atoms. The van der Waals surface area contributed by atoms with E-state index in [9.17, 15) is 9.90 Å². The summed E-state index contributed by atoms with van der Waals surface area (Å²) in [6, 6.07) is 0. The molecule has 3 nitrogen and oxygen atoms in total. The number of aliphatic hydroxyl groups is 1. The first kappa shape index (κ1) is 12.6. The second-order valence-electron chi connectivity index (χ2n) is 6.12. The molecule has 2 aliphatic carbocycles. The fourth-order valence-corrected chi connectivity index (χ4v) is 3.61. The lowest BCUT2D eigenvalue weighted by Gasteiger charge is -2.31. The topological polar surface area (TPSA) is 57.5 Å². The molecule has 0 amide bonds. The summed E-state index contributed by atoms with van der Waals surface area (Å²) in [5.74, 6) is -0.337. The fraction of sp³-hybridized carbons (Fsp3) is 0.786. The third-order valence-electron chi connectivity index (χ3n) is 4.36. The van der Waals surface area contributed by atoms with E-state index in [1.54, 1.807) is 0 Å². The van der Waals surface area contributed by atoms with E-state index in [0.29, 0.717) is 12.3 Å². The summed E-state index contributed by atoms with van der Waals surface area (Å²) in [5, 5.41) is 18.7. The van der Waals surface area contributed by atoms with Gasteiger partial charge >= 0.3 is 5.97 Å². The molecule has 0 aromatic heterocycles. The van der Waals surface area contributed by atoms with Crippen molar-refractivity contribution in [1.29, 1.82) is 0 Å². The molecule has 0 aromatic carbocycles. The minimum atomic E-state index is -0.720. The van der Waals surface area contributed by atoms with E-state index in [0.717, 1.165) is 25.7 Å². The third-order valence-corrected chi connectivity index (χ3v) is 4.36. The van der Waals surface area contributed by atoms with Crippen molar-refractivity contribution in [3.63, 3.8) is 0 Å². The van der Waals surface area contributed by atoms with Crippen LogP contribution < -0.4 is 0 Å². The van der Waals surface area contributed by atoms with Crippen LogP contribution in [0, 0.1) is 11.3 Å². The van der Waals surface area contributed by atoms with Crippen molar-refractivity contribution in [2.75, 3.05) is 0 Å². The molecule has 0 radical (unpaired) electrons. The number of hydrogen-bond acceptors (Lipinski definition) is 2. The number of rotatable bonds is 4. The molecule has 2 atom stereocenters. The van der Waals surface area contributed by atoms with Crippen molar-refractivity contribution >= 4 is 5.97 Å². The second kappa shape index (κ2) is 4.45. The molecule has 3 heteroatoms. The summed E-state index contributed by atoms with van der Waals surface area (Å²) in [6.07, 6.45) is 4.58. The molecule has 0 saturated heterocycles. The first-order chi connectivity index (χ1) is 7.92. The third kappa shape index (κ3) is 2.39. The maximum atomic E-state index is 10.6. The number of carboxylic acids is 1. The predicted octanol–water partition coefficient (Wildman–Crippen LogP) is 2.74. The Morgan fingerprint density at radius 3 is 2.82 bits per heavy atom. The maximum Gasteiger partial charge on any atom is 0.303 e. The zero-order chi connectivity index (χ0) is 12.6. The Balaban J connectivity index is 2.04. The molecule has 0 aliphatic heterocycles. The van der Waals surface area contributed by atoms with Crippen LogP contribution in [-0.2, 0) is 4.79 Å². The Morgan fingerprint density at radius 2 is 2.18 bits per heavy atom. The molecular formula is C14H22O3. The summed E-state index contributed by atoms with van der Waals surface area (Å²) in [6.45, 7) is 4.48. The average molecular weight is 238 g/mol. The number of aliphatic hydroxyl groups excluding tert-OH is 1. The van der Waals surface area contributed by atoms with Crippen LogP contribution in [0.3, 0.4) is 0 Å². The van der Waals surface area contributed by atoms with E-state index in [1.807, 2.05) is 0 Å². The molecule has 2 rings (SSSR count). The van der Waals surface area contributed by atoms with E-state index >= 15 is 0 Å². The van der Waals surface area contributed by atoms with Gasteiger partial charge in [-0.15, -0.1) is 0 Å². The summed E-state index contributed by atoms with van der Waals surface area (Å²) in [4.78, 5) is 10.6. The van der Waals surface area contributed by atoms with Crippen LogP contribution >= 0.6 is 0 Å².